The molecule has 3 atom stereocenters. The Hall–Kier alpha value is -1.10. The zero-order valence-corrected chi connectivity index (χ0v) is 12.5. The Labute approximate surface area is 120 Å². The molecule has 3 heterocycles. The van der Waals surface area contributed by atoms with Crippen LogP contribution in [0, 0.1) is 0 Å². The van der Waals surface area contributed by atoms with E-state index in [0.717, 1.165) is 12.8 Å². The molecule has 0 spiro atoms. The maximum absolute atomic E-state index is 12.5. The SMILES string of the molecule is CCC1NC(=O)CN(C2CC3CCCC(C2)N3C)C1=O. The third-order valence-electron chi connectivity index (χ3n) is 5.39. The van der Waals surface area contributed by atoms with Crippen molar-refractivity contribution in [2.45, 2.75) is 69.6 Å². The van der Waals surface area contributed by atoms with Crippen molar-refractivity contribution in [2.24, 2.45) is 0 Å². The Morgan fingerprint density at radius 2 is 1.80 bits per heavy atom. The number of amides is 2. The molecule has 0 aliphatic carbocycles. The highest BCUT2D eigenvalue weighted by molar-refractivity contribution is 5.95. The van der Waals surface area contributed by atoms with Gasteiger partial charge in [-0.1, -0.05) is 13.3 Å². The zero-order valence-electron chi connectivity index (χ0n) is 12.5. The van der Waals surface area contributed by atoms with Gasteiger partial charge in [-0.3, -0.25) is 9.59 Å². The number of carbonyl (C=O) groups is 2. The molecule has 5 nitrogen and oxygen atoms in total. The van der Waals surface area contributed by atoms with Crippen molar-refractivity contribution < 1.29 is 9.59 Å². The van der Waals surface area contributed by atoms with Crippen molar-refractivity contribution in [1.29, 1.82) is 0 Å². The molecule has 0 saturated carbocycles. The van der Waals surface area contributed by atoms with Crippen LogP contribution in [0.2, 0.25) is 0 Å². The van der Waals surface area contributed by atoms with E-state index >= 15 is 0 Å². The van der Waals surface area contributed by atoms with Crippen LogP contribution in [0.3, 0.4) is 0 Å². The number of nitrogens with one attached hydrogen (secondary N) is 1. The van der Waals surface area contributed by atoms with Crippen LogP contribution in [0.25, 0.3) is 0 Å². The zero-order chi connectivity index (χ0) is 14.3. The van der Waals surface area contributed by atoms with Gasteiger partial charge >= 0.3 is 0 Å². The summed E-state index contributed by atoms with van der Waals surface area (Å²) in [4.78, 5) is 28.7. The molecular formula is C15H25N3O2. The summed E-state index contributed by atoms with van der Waals surface area (Å²) in [6, 6.07) is 1.13. The monoisotopic (exact) mass is 279 g/mol. The fraction of sp³-hybridized carbons (Fsp3) is 0.867. The second-order valence-electron chi connectivity index (χ2n) is 6.52. The highest BCUT2D eigenvalue weighted by atomic mass is 16.2. The molecule has 5 heteroatoms. The minimum Gasteiger partial charge on any atom is -0.343 e. The van der Waals surface area contributed by atoms with Crippen molar-refractivity contribution in [2.75, 3.05) is 13.6 Å². The van der Waals surface area contributed by atoms with Crippen molar-refractivity contribution in [1.82, 2.24) is 15.1 Å². The Morgan fingerprint density at radius 1 is 1.15 bits per heavy atom. The smallest absolute Gasteiger partial charge is 0.245 e. The lowest BCUT2D eigenvalue weighted by atomic mass is 9.81. The molecule has 3 aliphatic rings. The average Bonchev–Trinajstić information content (AvgIpc) is 2.41. The molecule has 3 aliphatic heterocycles. The van der Waals surface area contributed by atoms with Gasteiger partial charge in [-0.05, 0) is 39.2 Å². The first-order valence-electron chi connectivity index (χ1n) is 7.92. The maximum atomic E-state index is 12.5. The van der Waals surface area contributed by atoms with E-state index in [0.29, 0.717) is 18.5 Å². The summed E-state index contributed by atoms with van der Waals surface area (Å²) in [5.74, 6) is 0.125. The molecule has 3 rings (SSSR count). The molecule has 0 aromatic carbocycles. The van der Waals surface area contributed by atoms with Crippen molar-refractivity contribution in [3.8, 4) is 0 Å². The molecule has 3 fully saturated rings. The van der Waals surface area contributed by atoms with Gasteiger partial charge in [0, 0.05) is 18.1 Å². The number of hydrogen-bond acceptors (Lipinski definition) is 3. The minimum absolute atomic E-state index is 0.000498. The molecule has 0 aromatic heterocycles. The van der Waals surface area contributed by atoms with Crippen LogP contribution in [0.15, 0.2) is 0 Å². The van der Waals surface area contributed by atoms with Crippen LogP contribution in [0.4, 0.5) is 0 Å². The minimum atomic E-state index is -0.309. The Kier molecular flexibility index (Phi) is 3.71. The van der Waals surface area contributed by atoms with E-state index in [1.807, 2.05) is 11.8 Å². The molecule has 112 valence electrons. The molecule has 1 N–H and O–H groups in total. The number of nitrogens with zero attached hydrogens (tertiary/aromatic N) is 2. The summed E-state index contributed by atoms with van der Waals surface area (Å²) in [6.45, 7) is 2.21. The summed E-state index contributed by atoms with van der Waals surface area (Å²) >= 11 is 0. The first-order valence-corrected chi connectivity index (χ1v) is 7.92. The molecule has 3 saturated heterocycles. The Balaban J connectivity index is 1.75. The first kappa shape index (κ1) is 13.9. The van der Waals surface area contributed by atoms with E-state index in [2.05, 4.69) is 17.3 Å². The van der Waals surface area contributed by atoms with Crippen LogP contribution in [0.5, 0.6) is 0 Å². The number of fused-ring (bicyclic) bond motifs is 2. The van der Waals surface area contributed by atoms with Gasteiger partial charge in [-0.25, -0.2) is 0 Å². The number of rotatable bonds is 2. The van der Waals surface area contributed by atoms with E-state index in [1.165, 1.54) is 19.3 Å². The number of piperidine rings is 2. The number of hydrogen-bond donors (Lipinski definition) is 1. The van der Waals surface area contributed by atoms with E-state index in [4.69, 9.17) is 0 Å². The summed E-state index contributed by atoms with van der Waals surface area (Å²) < 4.78 is 0. The van der Waals surface area contributed by atoms with Gasteiger partial charge < -0.3 is 15.1 Å². The largest absolute Gasteiger partial charge is 0.343 e. The lowest BCUT2D eigenvalue weighted by Crippen LogP contribution is -2.64. The Morgan fingerprint density at radius 3 is 2.40 bits per heavy atom. The first-order chi connectivity index (χ1) is 9.60. The molecule has 2 amide bonds. The van der Waals surface area contributed by atoms with Crippen LogP contribution >= 0.6 is 0 Å². The second-order valence-corrected chi connectivity index (χ2v) is 6.52. The highest BCUT2D eigenvalue weighted by Crippen LogP contribution is 2.35. The third-order valence-corrected chi connectivity index (χ3v) is 5.39. The maximum Gasteiger partial charge on any atom is 0.245 e. The predicted molar refractivity (Wildman–Crippen MR) is 76.1 cm³/mol. The van der Waals surface area contributed by atoms with Gasteiger partial charge in [0.05, 0.1) is 6.54 Å². The summed E-state index contributed by atoms with van der Waals surface area (Å²) in [5, 5.41) is 2.80. The van der Waals surface area contributed by atoms with Crippen molar-refractivity contribution in [3.63, 3.8) is 0 Å². The average molecular weight is 279 g/mol. The van der Waals surface area contributed by atoms with Crippen LogP contribution < -0.4 is 5.32 Å². The fourth-order valence-corrected chi connectivity index (χ4v) is 4.16. The summed E-state index contributed by atoms with van der Waals surface area (Å²) in [7, 11) is 2.21. The van der Waals surface area contributed by atoms with Gasteiger partial charge in [-0.2, -0.15) is 0 Å². The van der Waals surface area contributed by atoms with Crippen molar-refractivity contribution >= 4 is 11.8 Å². The second kappa shape index (κ2) is 5.35. The summed E-state index contributed by atoms with van der Waals surface area (Å²) in [6.07, 6.45) is 6.51. The van der Waals surface area contributed by atoms with Crippen molar-refractivity contribution in [3.05, 3.63) is 0 Å². The fourth-order valence-electron chi connectivity index (χ4n) is 4.16. The van der Waals surface area contributed by atoms with Gasteiger partial charge in [0.25, 0.3) is 0 Å². The van der Waals surface area contributed by atoms with Gasteiger partial charge in [0.1, 0.15) is 6.04 Å². The van der Waals surface area contributed by atoms with E-state index in [-0.39, 0.29) is 30.4 Å². The predicted octanol–water partition coefficient (Wildman–Crippen LogP) is 0.739. The lowest BCUT2D eigenvalue weighted by Gasteiger charge is -2.50. The van der Waals surface area contributed by atoms with E-state index in [9.17, 15) is 9.59 Å². The van der Waals surface area contributed by atoms with Gasteiger partial charge in [-0.15, -0.1) is 0 Å². The van der Waals surface area contributed by atoms with Crippen LogP contribution in [-0.4, -0.2) is 59.4 Å². The number of piperazine rings is 1. The normalized spacial score (nSPS) is 38.8. The van der Waals surface area contributed by atoms with E-state index < -0.39 is 0 Å². The molecule has 0 radical (unpaired) electrons. The molecule has 0 aromatic rings. The van der Waals surface area contributed by atoms with E-state index in [1.54, 1.807) is 0 Å². The highest BCUT2D eigenvalue weighted by Gasteiger charge is 2.42. The van der Waals surface area contributed by atoms with Gasteiger partial charge in [0.2, 0.25) is 11.8 Å². The summed E-state index contributed by atoms with van der Waals surface area (Å²) in [5.41, 5.74) is 0. The lowest BCUT2D eigenvalue weighted by molar-refractivity contribution is -0.149. The third kappa shape index (κ3) is 2.32. The number of carbonyl (C=O) groups excluding carboxylic acids is 2. The van der Waals surface area contributed by atoms with Crippen LogP contribution in [0.1, 0.15) is 45.4 Å². The van der Waals surface area contributed by atoms with Crippen LogP contribution in [-0.2, 0) is 9.59 Å². The molecule has 2 bridgehead atoms. The Bertz CT molecular complexity index is 398. The standard InChI is InChI=1S/C15H25N3O2/c1-3-13-15(20)18(9-14(19)16-13)12-7-10-5-4-6-11(8-12)17(10)2/h10-13H,3-9H2,1-2H3,(H,16,19). The quantitative estimate of drug-likeness (QED) is 0.811. The topological polar surface area (TPSA) is 52.7 Å². The molecule has 3 unspecified atom stereocenters. The van der Waals surface area contributed by atoms with Gasteiger partial charge in [0.15, 0.2) is 0 Å². The molecule has 20 heavy (non-hydrogen) atoms. The molecular weight excluding hydrogens is 254 g/mol.